The molecular weight excluding hydrogens is 424 g/mol. The summed E-state index contributed by atoms with van der Waals surface area (Å²) in [5, 5.41) is 11.4. The number of hydrogen-bond donors (Lipinski definition) is 2. The van der Waals surface area contributed by atoms with Crippen LogP contribution in [0, 0.1) is 0 Å². The first-order valence-corrected chi connectivity index (χ1v) is 10.1. The van der Waals surface area contributed by atoms with Gasteiger partial charge in [0, 0.05) is 45.2 Å². The minimum atomic E-state index is -1.04. The summed E-state index contributed by atoms with van der Waals surface area (Å²) in [4.78, 5) is 41.9. The van der Waals surface area contributed by atoms with Gasteiger partial charge >= 0.3 is 5.97 Å². The second-order valence-corrected chi connectivity index (χ2v) is 7.45. The second kappa shape index (κ2) is 10.1. The molecule has 1 aromatic carbocycles. The number of halogens is 1. The Labute approximate surface area is 184 Å². The molecule has 31 heavy (non-hydrogen) atoms. The molecule has 3 rings (SSSR count). The zero-order chi connectivity index (χ0) is 22.4. The summed E-state index contributed by atoms with van der Waals surface area (Å²) in [6.45, 7) is 4.53. The van der Waals surface area contributed by atoms with E-state index in [1.807, 2.05) is 29.2 Å². The fraction of sp³-hybridized carbons (Fsp3) is 0.333. The zero-order valence-electron chi connectivity index (χ0n) is 17.0. The lowest BCUT2D eigenvalue weighted by Gasteiger charge is -2.35. The lowest BCUT2D eigenvalue weighted by atomic mass is 10.2. The molecular formula is C21H23ClN4O5. The topological polar surface area (TPSA) is 112 Å². The van der Waals surface area contributed by atoms with E-state index in [-0.39, 0.29) is 29.7 Å². The van der Waals surface area contributed by atoms with E-state index in [0.717, 1.165) is 18.8 Å². The number of aliphatic carboxylic acids is 1. The number of carboxylic acid groups (broad SMARTS) is 1. The van der Waals surface area contributed by atoms with Crippen molar-refractivity contribution in [2.45, 2.75) is 19.8 Å². The number of benzene rings is 1. The Kier molecular flexibility index (Phi) is 7.30. The third-order valence-corrected chi connectivity index (χ3v) is 5.07. The van der Waals surface area contributed by atoms with Crippen LogP contribution in [0.5, 0.6) is 11.6 Å². The van der Waals surface area contributed by atoms with Crippen molar-refractivity contribution < 1.29 is 24.2 Å². The average molecular weight is 447 g/mol. The normalized spacial score (nSPS) is 13.6. The first-order chi connectivity index (χ1) is 14.8. The van der Waals surface area contributed by atoms with E-state index in [4.69, 9.17) is 21.4 Å². The van der Waals surface area contributed by atoms with E-state index in [0.29, 0.717) is 24.5 Å². The SMILES string of the molecule is CC(=O)N1CCN(c2ccc(Oc3ncc(NC(=O)CCC(=O)O)cc3Cl)cc2)CC1. The van der Waals surface area contributed by atoms with Gasteiger partial charge in [0.2, 0.25) is 17.7 Å². The number of carboxylic acids is 1. The number of ether oxygens (including phenoxy) is 1. The first kappa shape index (κ1) is 22.4. The Hall–Kier alpha value is -3.33. The van der Waals surface area contributed by atoms with Crippen molar-refractivity contribution in [2.75, 3.05) is 36.4 Å². The molecule has 9 nitrogen and oxygen atoms in total. The molecule has 164 valence electrons. The predicted molar refractivity (Wildman–Crippen MR) is 116 cm³/mol. The van der Waals surface area contributed by atoms with Crippen LogP contribution < -0.4 is 15.0 Å². The highest BCUT2D eigenvalue weighted by Gasteiger charge is 2.19. The van der Waals surface area contributed by atoms with Crippen molar-refractivity contribution >= 4 is 40.8 Å². The maximum Gasteiger partial charge on any atom is 0.303 e. The molecule has 1 aliphatic heterocycles. The van der Waals surface area contributed by atoms with Crippen LogP contribution in [-0.4, -0.2) is 59.0 Å². The van der Waals surface area contributed by atoms with Crippen LogP contribution in [0.4, 0.5) is 11.4 Å². The molecule has 10 heteroatoms. The third-order valence-electron chi connectivity index (χ3n) is 4.80. The van der Waals surface area contributed by atoms with Gasteiger partial charge in [-0.25, -0.2) is 4.98 Å². The number of nitrogens with zero attached hydrogens (tertiary/aromatic N) is 3. The lowest BCUT2D eigenvalue weighted by Crippen LogP contribution is -2.48. The summed E-state index contributed by atoms with van der Waals surface area (Å²) in [5.41, 5.74) is 1.39. The molecule has 0 radical (unpaired) electrons. The quantitative estimate of drug-likeness (QED) is 0.672. The molecule has 2 aromatic rings. The minimum absolute atomic E-state index is 0.0959. The molecule has 0 atom stereocenters. The monoisotopic (exact) mass is 446 g/mol. The van der Waals surface area contributed by atoms with Gasteiger partial charge in [0.05, 0.1) is 18.3 Å². The number of piperazine rings is 1. The number of rotatable bonds is 7. The van der Waals surface area contributed by atoms with Gasteiger partial charge in [0.1, 0.15) is 10.8 Å². The first-order valence-electron chi connectivity index (χ1n) is 9.77. The molecule has 2 amide bonds. The highest BCUT2D eigenvalue weighted by molar-refractivity contribution is 6.32. The lowest BCUT2D eigenvalue weighted by molar-refractivity contribution is -0.138. The largest absolute Gasteiger partial charge is 0.481 e. The van der Waals surface area contributed by atoms with E-state index in [9.17, 15) is 14.4 Å². The third kappa shape index (κ3) is 6.32. The Bertz CT molecular complexity index is 959. The van der Waals surface area contributed by atoms with E-state index in [1.165, 1.54) is 12.3 Å². The molecule has 1 fully saturated rings. The predicted octanol–water partition coefficient (Wildman–Crippen LogP) is 3.00. The van der Waals surface area contributed by atoms with Crippen LogP contribution in [0.15, 0.2) is 36.5 Å². The van der Waals surface area contributed by atoms with Gasteiger partial charge in [0.25, 0.3) is 0 Å². The number of anilines is 2. The maximum atomic E-state index is 11.7. The summed E-state index contributed by atoms with van der Waals surface area (Å²) < 4.78 is 5.73. The van der Waals surface area contributed by atoms with Gasteiger partial charge in [-0.15, -0.1) is 0 Å². The fourth-order valence-corrected chi connectivity index (χ4v) is 3.33. The summed E-state index contributed by atoms with van der Waals surface area (Å²) >= 11 is 6.21. The van der Waals surface area contributed by atoms with Crippen molar-refractivity contribution in [3.63, 3.8) is 0 Å². The summed E-state index contributed by atoms with van der Waals surface area (Å²) in [6, 6.07) is 8.98. The number of aromatic nitrogens is 1. The van der Waals surface area contributed by atoms with Gasteiger partial charge in [-0.05, 0) is 30.3 Å². The van der Waals surface area contributed by atoms with Crippen LogP contribution in [0.3, 0.4) is 0 Å². The molecule has 1 saturated heterocycles. The molecule has 0 bridgehead atoms. The highest BCUT2D eigenvalue weighted by Crippen LogP contribution is 2.30. The molecule has 1 aliphatic rings. The molecule has 0 saturated carbocycles. The van der Waals surface area contributed by atoms with Crippen LogP contribution in [0.25, 0.3) is 0 Å². The summed E-state index contributed by atoms with van der Waals surface area (Å²) in [5.74, 6) is -0.640. The number of nitrogens with one attached hydrogen (secondary N) is 1. The molecule has 1 aromatic heterocycles. The van der Waals surface area contributed by atoms with E-state index >= 15 is 0 Å². The van der Waals surface area contributed by atoms with Crippen LogP contribution in [-0.2, 0) is 14.4 Å². The van der Waals surface area contributed by atoms with E-state index in [2.05, 4.69) is 15.2 Å². The van der Waals surface area contributed by atoms with Crippen molar-refractivity contribution in [2.24, 2.45) is 0 Å². The molecule has 0 aliphatic carbocycles. The smallest absolute Gasteiger partial charge is 0.303 e. The number of amides is 2. The summed E-state index contributed by atoms with van der Waals surface area (Å²) in [6.07, 6.45) is 1.00. The van der Waals surface area contributed by atoms with E-state index < -0.39 is 11.9 Å². The molecule has 0 spiro atoms. The Morgan fingerprint density at radius 1 is 1.13 bits per heavy atom. The van der Waals surface area contributed by atoms with Crippen molar-refractivity contribution in [3.8, 4) is 11.6 Å². The fourth-order valence-electron chi connectivity index (χ4n) is 3.13. The van der Waals surface area contributed by atoms with Crippen LogP contribution in [0.1, 0.15) is 19.8 Å². The van der Waals surface area contributed by atoms with Gasteiger partial charge in [0.15, 0.2) is 0 Å². The van der Waals surface area contributed by atoms with Gasteiger partial charge in [-0.2, -0.15) is 0 Å². The average Bonchev–Trinajstić information content (AvgIpc) is 2.75. The Morgan fingerprint density at radius 3 is 2.39 bits per heavy atom. The van der Waals surface area contributed by atoms with Crippen molar-refractivity contribution in [1.82, 2.24) is 9.88 Å². The van der Waals surface area contributed by atoms with Gasteiger partial charge in [-0.3, -0.25) is 14.4 Å². The van der Waals surface area contributed by atoms with Gasteiger partial charge in [-0.1, -0.05) is 11.6 Å². The number of carbonyl (C=O) groups is 3. The van der Waals surface area contributed by atoms with Gasteiger partial charge < -0.3 is 25.0 Å². The molecule has 0 unspecified atom stereocenters. The maximum absolute atomic E-state index is 11.7. The second-order valence-electron chi connectivity index (χ2n) is 7.04. The number of carbonyl (C=O) groups excluding carboxylic acids is 2. The van der Waals surface area contributed by atoms with Crippen molar-refractivity contribution in [3.05, 3.63) is 41.6 Å². The summed E-state index contributed by atoms with van der Waals surface area (Å²) in [7, 11) is 0. The Balaban J connectivity index is 1.57. The van der Waals surface area contributed by atoms with Crippen LogP contribution in [0.2, 0.25) is 5.02 Å². The number of pyridine rings is 1. The molecule has 2 N–H and O–H groups in total. The highest BCUT2D eigenvalue weighted by atomic mass is 35.5. The zero-order valence-corrected chi connectivity index (χ0v) is 17.8. The number of hydrogen-bond acceptors (Lipinski definition) is 6. The van der Waals surface area contributed by atoms with E-state index in [1.54, 1.807) is 6.92 Å². The Morgan fingerprint density at radius 2 is 1.81 bits per heavy atom. The van der Waals surface area contributed by atoms with Crippen molar-refractivity contribution in [1.29, 1.82) is 0 Å². The van der Waals surface area contributed by atoms with Crippen LogP contribution >= 0.6 is 11.6 Å². The molecule has 2 heterocycles. The minimum Gasteiger partial charge on any atom is -0.481 e. The standard InChI is InChI=1S/C21H23ClN4O5/c1-14(27)25-8-10-26(11-9-25)16-2-4-17(5-3-16)31-21-18(22)12-15(13-23-21)24-19(28)6-7-20(29)30/h2-5,12-13H,6-11H2,1H3,(H,24,28)(H,29,30).